The molecular weight excluding hydrogens is 456 g/mol. The van der Waals surface area contributed by atoms with E-state index in [1.54, 1.807) is 23.0 Å². The summed E-state index contributed by atoms with van der Waals surface area (Å²) in [6, 6.07) is 12.1. The Labute approximate surface area is 204 Å². The quantitative estimate of drug-likeness (QED) is 0.698. The van der Waals surface area contributed by atoms with Crippen LogP contribution in [-0.4, -0.2) is 66.5 Å². The number of piperazine rings is 1. The molecule has 0 aromatic heterocycles. The van der Waals surface area contributed by atoms with Gasteiger partial charge in [0.25, 0.3) is 0 Å². The van der Waals surface area contributed by atoms with Crippen LogP contribution in [0.15, 0.2) is 47.5 Å². The number of nitrogens with one attached hydrogen (secondary N) is 1. The molecule has 3 amide bonds. The lowest BCUT2D eigenvalue weighted by molar-refractivity contribution is -0.123. The Kier molecular flexibility index (Phi) is 6.97. The molecule has 9 heteroatoms. The van der Waals surface area contributed by atoms with Gasteiger partial charge in [0, 0.05) is 24.2 Å². The van der Waals surface area contributed by atoms with Crippen molar-refractivity contribution >= 4 is 29.4 Å². The van der Waals surface area contributed by atoms with Crippen molar-refractivity contribution < 1.29 is 19.1 Å². The van der Waals surface area contributed by atoms with Crippen LogP contribution in [-0.2, 0) is 4.79 Å². The highest BCUT2D eigenvalue weighted by Gasteiger charge is 2.42. The fraction of sp³-hybridized carbons (Fsp3) is 0.400. The summed E-state index contributed by atoms with van der Waals surface area (Å²) in [5.41, 5.74) is 1.63. The molecule has 2 aromatic rings. The predicted octanol–water partition coefficient (Wildman–Crippen LogP) is 3.88. The number of amidine groups is 1. The van der Waals surface area contributed by atoms with E-state index in [9.17, 15) is 9.59 Å². The molecule has 8 nitrogen and oxygen atoms in total. The van der Waals surface area contributed by atoms with Crippen LogP contribution in [0.3, 0.4) is 0 Å². The number of rotatable bonds is 5. The summed E-state index contributed by atoms with van der Waals surface area (Å²) >= 11 is 6.10. The van der Waals surface area contributed by atoms with Gasteiger partial charge in [-0.05, 0) is 50.6 Å². The molecule has 0 unspecified atom stereocenters. The van der Waals surface area contributed by atoms with Gasteiger partial charge in [-0.2, -0.15) is 0 Å². The van der Waals surface area contributed by atoms with Crippen LogP contribution in [0.1, 0.15) is 37.9 Å². The second-order valence-electron chi connectivity index (χ2n) is 8.64. The maximum atomic E-state index is 13.7. The van der Waals surface area contributed by atoms with E-state index in [1.165, 1.54) is 0 Å². The van der Waals surface area contributed by atoms with Gasteiger partial charge in [-0.25, -0.2) is 4.79 Å². The zero-order valence-electron chi connectivity index (χ0n) is 19.7. The van der Waals surface area contributed by atoms with Crippen LogP contribution < -0.4 is 14.8 Å². The Hall–Kier alpha value is -3.26. The van der Waals surface area contributed by atoms with Crippen LogP contribution >= 0.6 is 11.6 Å². The van der Waals surface area contributed by atoms with E-state index in [-0.39, 0.29) is 36.7 Å². The number of ether oxygens (including phenoxy) is 2. The smallest absolute Gasteiger partial charge is 0.326 e. The van der Waals surface area contributed by atoms with E-state index in [4.69, 9.17) is 26.1 Å². The summed E-state index contributed by atoms with van der Waals surface area (Å²) in [4.78, 5) is 34.0. The van der Waals surface area contributed by atoms with Gasteiger partial charge in [-0.3, -0.25) is 14.7 Å². The minimum Gasteiger partial charge on any atom is -0.497 e. The highest BCUT2D eigenvalue weighted by atomic mass is 35.5. The molecule has 0 spiro atoms. The average molecular weight is 485 g/mol. The van der Waals surface area contributed by atoms with E-state index in [1.807, 2.05) is 57.2 Å². The number of hydrogen-bond donors (Lipinski definition) is 1. The summed E-state index contributed by atoms with van der Waals surface area (Å²) in [5.74, 6) is 1.55. The first-order chi connectivity index (χ1) is 16.3. The summed E-state index contributed by atoms with van der Waals surface area (Å²) < 4.78 is 11.5. The molecular formula is C25H29ClN4O4. The second kappa shape index (κ2) is 9.93. The third-order valence-electron chi connectivity index (χ3n) is 5.87. The normalized spacial score (nSPS) is 20.3. The first kappa shape index (κ1) is 23.9. The Balaban J connectivity index is 1.80. The van der Waals surface area contributed by atoms with Gasteiger partial charge < -0.3 is 19.7 Å². The van der Waals surface area contributed by atoms with E-state index in [0.29, 0.717) is 41.0 Å². The highest BCUT2D eigenvalue weighted by Crippen LogP contribution is 2.37. The molecule has 1 fully saturated rings. The first-order valence-electron chi connectivity index (χ1n) is 11.3. The molecule has 2 atom stereocenters. The number of methoxy groups -OCH3 is 1. The van der Waals surface area contributed by atoms with Crippen molar-refractivity contribution in [1.29, 1.82) is 0 Å². The summed E-state index contributed by atoms with van der Waals surface area (Å²) in [6.07, 6.45) is -0.0905. The van der Waals surface area contributed by atoms with Crippen LogP contribution in [0.25, 0.3) is 0 Å². The van der Waals surface area contributed by atoms with Crippen molar-refractivity contribution in [3.05, 3.63) is 58.6 Å². The van der Waals surface area contributed by atoms with Crippen molar-refractivity contribution in [3.8, 4) is 11.5 Å². The molecule has 2 heterocycles. The maximum absolute atomic E-state index is 13.7. The predicted molar refractivity (Wildman–Crippen MR) is 131 cm³/mol. The fourth-order valence-corrected chi connectivity index (χ4v) is 4.36. The Morgan fingerprint density at radius 1 is 1.21 bits per heavy atom. The van der Waals surface area contributed by atoms with E-state index < -0.39 is 0 Å². The second-order valence-corrected chi connectivity index (χ2v) is 9.08. The number of aliphatic imine (C=N–C) groups is 1. The maximum Gasteiger partial charge on any atom is 0.326 e. The van der Waals surface area contributed by atoms with Crippen molar-refractivity contribution in [2.45, 2.75) is 39.0 Å². The molecule has 34 heavy (non-hydrogen) atoms. The first-order valence-corrected chi connectivity index (χ1v) is 11.7. The van der Waals surface area contributed by atoms with E-state index in [0.717, 1.165) is 5.56 Å². The van der Waals surface area contributed by atoms with Gasteiger partial charge in [0.05, 0.1) is 30.9 Å². The number of carbonyl (C=O) groups is 2. The van der Waals surface area contributed by atoms with Crippen LogP contribution in [0.4, 0.5) is 4.79 Å². The fourth-order valence-electron chi connectivity index (χ4n) is 4.23. The van der Waals surface area contributed by atoms with Crippen molar-refractivity contribution in [1.82, 2.24) is 15.1 Å². The molecule has 0 radical (unpaired) electrons. The number of amides is 3. The number of benzene rings is 2. The van der Waals surface area contributed by atoms with Gasteiger partial charge in [0.2, 0.25) is 5.91 Å². The topological polar surface area (TPSA) is 83.5 Å². The van der Waals surface area contributed by atoms with Crippen LogP contribution in [0, 0.1) is 0 Å². The number of halogens is 1. The molecule has 0 saturated carbocycles. The monoisotopic (exact) mass is 484 g/mol. The lowest BCUT2D eigenvalue weighted by Gasteiger charge is -2.34. The van der Waals surface area contributed by atoms with Crippen molar-refractivity contribution in [2.75, 3.05) is 26.7 Å². The van der Waals surface area contributed by atoms with Gasteiger partial charge in [-0.1, -0.05) is 23.7 Å². The Bertz CT molecular complexity index is 1100. The number of urea groups is 1. The summed E-state index contributed by atoms with van der Waals surface area (Å²) in [6.45, 7) is 6.71. The Morgan fingerprint density at radius 3 is 2.59 bits per heavy atom. The third-order valence-corrected chi connectivity index (χ3v) is 6.12. The lowest BCUT2D eigenvalue weighted by Crippen LogP contribution is -2.56. The third kappa shape index (κ3) is 4.82. The molecule has 2 aliphatic heterocycles. The van der Waals surface area contributed by atoms with E-state index >= 15 is 0 Å². The number of nitrogens with zero attached hydrogens (tertiary/aromatic N) is 3. The van der Waals surface area contributed by atoms with Gasteiger partial charge in [-0.15, -0.1) is 0 Å². The van der Waals surface area contributed by atoms with Crippen molar-refractivity contribution in [3.63, 3.8) is 0 Å². The van der Waals surface area contributed by atoms with E-state index in [2.05, 4.69) is 5.32 Å². The summed E-state index contributed by atoms with van der Waals surface area (Å²) in [5, 5.41) is 3.40. The molecule has 1 saturated heterocycles. The summed E-state index contributed by atoms with van der Waals surface area (Å²) in [7, 11) is 1.59. The molecule has 4 rings (SSSR count). The van der Waals surface area contributed by atoms with Gasteiger partial charge >= 0.3 is 6.03 Å². The van der Waals surface area contributed by atoms with Crippen LogP contribution in [0.5, 0.6) is 11.5 Å². The standard InChI is InChI=1S/C25H29ClN4O4/c1-15(2)34-21-13-19(33-4)9-10-20(21)24-28-23(17-5-7-18(26)8-6-17)16(3)30(24)25(32)29-12-11-27-22(31)14-29/h5-10,13,15-16,23H,11-12,14H2,1-4H3,(H,27,31)/t16-,23-/m1/s1. The minimum absolute atomic E-state index is 0.0128. The minimum atomic E-state index is -0.302. The van der Waals surface area contributed by atoms with Crippen LogP contribution in [0.2, 0.25) is 5.02 Å². The Morgan fingerprint density at radius 2 is 1.94 bits per heavy atom. The van der Waals surface area contributed by atoms with Crippen molar-refractivity contribution in [2.24, 2.45) is 4.99 Å². The number of carbonyl (C=O) groups excluding carboxylic acids is 2. The molecule has 2 aromatic carbocycles. The highest BCUT2D eigenvalue weighted by molar-refractivity contribution is 6.30. The average Bonchev–Trinajstić information content (AvgIpc) is 3.15. The lowest BCUT2D eigenvalue weighted by atomic mass is 10.0. The SMILES string of the molecule is COc1ccc(C2=N[C@@H](c3ccc(Cl)cc3)[C@@H](C)N2C(=O)N2CCNC(=O)C2)c(OC(C)C)c1. The molecule has 0 aliphatic carbocycles. The molecule has 2 aliphatic rings. The zero-order chi connectivity index (χ0) is 24.4. The molecule has 0 bridgehead atoms. The largest absolute Gasteiger partial charge is 0.497 e. The van der Waals surface area contributed by atoms with Gasteiger partial charge in [0.15, 0.2) is 0 Å². The molecule has 180 valence electrons. The molecule has 1 N–H and O–H groups in total. The zero-order valence-corrected chi connectivity index (χ0v) is 20.5. The number of hydrogen-bond acceptors (Lipinski definition) is 5. The van der Waals surface area contributed by atoms with Gasteiger partial charge in [0.1, 0.15) is 23.9 Å².